The van der Waals surface area contributed by atoms with Crippen molar-refractivity contribution < 1.29 is 18.7 Å². The standard InChI is InChI=1S/C25H35N3O4.HI/c1-3-31-24(29)20-8-10-21(11-9-20)28-25(27-17-15-23-5-4-18-32-23)26-16-14-19-6-12-22(30-2)13-7-19;/h4-7,12-13,18,20-21H,3,8-11,14-17H2,1-2H3,(H2,26,27,28);1H. The molecule has 1 saturated carbocycles. The zero-order valence-corrected chi connectivity index (χ0v) is 21.9. The van der Waals surface area contributed by atoms with Crippen LogP contribution in [-0.2, 0) is 22.4 Å². The van der Waals surface area contributed by atoms with E-state index in [1.165, 1.54) is 5.56 Å². The van der Waals surface area contributed by atoms with Gasteiger partial charge in [0.05, 0.1) is 25.9 Å². The van der Waals surface area contributed by atoms with E-state index in [1.54, 1.807) is 13.4 Å². The molecule has 0 unspecified atom stereocenters. The van der Waals surface area contributed by atoms with E-state index in [4.69, 9.17) is 18.9 Å². The Labute approximate surface area is 213 Å². The Kier molecular flexibility index (Phi) is 12.1. The number of esters is 1. The van der Waals surface area contributed by atoms with Crippen molar-refractivity contribution in [1.29, 1.82) is 0 Å². The highest BCUT2D eigenvalue weighted by molar-refractivity contribution is 14.0. The van der Waals surface area contributed by atoms with Gasteiger partial charge in [0.25, 0.3) is 0 Å². The van der Waals surface area contributed by atoms with Gasteiger partial charge in [-0.25, -0.2) is 0 Å². The summed E-state index contributed by atoms with van der Waals surface area (Å²) < 4.78 is 15.8. The third-order valence-electron chi connectivity index (χ3n) is 5.76. The topological polar surface area (TPSA) is 85.1 Å². The molecule has 1 aromatic heterocycles. The summed E-state index contributed by atoms with van der Waals surface area (Å²) in [5, 5.41) is 7.03. The molecule has 182 valence electrons. The van der Waals surface area contributed by atoms with Crippen molar-refractivity contribution in [2.45, 2.75) is 51.5 Å². The van der Waals surface area contributed by atoms with E-state index in [2.05, 4.69) is 22.8 Å². The van der Waals surface area contributed by atoms with Crippen LogP contribution in [0.3, 0.4) is 0 Å². The number of nitrogens with one attached hydrogen (secondary N) is 2. The highest BCUT2D eigenvalue weighted by Gasteiger charge is 2.27. The Morgan fingerprint density at radius 1 is 1.12 bits per heavy atom. The second-order valence-electron chi connectivity index (χ2n) is 8.03. The van der Waals surface area contributed by atoms with Crippen LogP contribution in [-0.4, -0.2) is 44.8 Å². The van der Waals surface area contributed by atoms with E-state index in [-0.39, 0.29) is 35.9 Å². The molecule has 1 aromatic carbocycles. The molecule has 0 bridgehead atoms. The van der Waals surface area contributed by atoms with Crippen LogP contribution in [0.1, 0.15) is 43.9 Å². The average molecular weight is 569 g/mol. The van der Waals surface area contributed by atoms with Crippen LogP contribution in [0.5, 0.6) is 5.75 Å². The number of rotatable bonds is 10. The van der Waals surface area contributed by atoms with Crippen molar-refractivity contribution in [3.05, 3.63) is 54.0 Å². The van der Waals surface area contributed by atoms with Crippen molar-refractivity contribution in [2.75, 3.05) is 26.8 Å². The molecule has 1 fully saturated rings. The van der Waals surface area contributed by atoms with Gasteiger partial charge in [-0.1, -0.05) is 12.1 Å². The number of nitrogens with zero attached hydrogens (tertiary/aromatic N) is 1. The van der Waals surface area contributed by atoms with Gasteiger partial charge in [-0.15, -0.1) is 24.0 Å². The number of methoxy groups -OCH3 is 1. The minimum atomic E-state index is -0.0593. The quantitative estimate of drug-likeness (QED) is 0.192. The van der Waals surface area contributed by atoms with E-state index in [9.17, 15) is 4.79 Å². The van der Waals surface area contributed by atoms with Gasteiger partial charge in [0.1, 0.15) is 11.5 Å². The van der Waals surface area contributed by atoms with Crippen molar-refractivity contribution in [3.8, 4) is 5.75 Å². The highest BCUT2D eigenvalue weighted by atomic mass is 127. The molecular formula is C25H36IN3O4. The number of halogens is 1. The summed E-state index contributed by atoms with van der Waals surface area (Å²) in [7, 11) is 1.67. The van der Waals surface area contributed by atoms with Crippen LogP contribution >= 0.6 is 24.0 Å². The number of furan rings is 1. The largest absolute Gasteiger partial charge is 0.497 e. The minimum absolute atomic E-state index is 0. The first-order valence-electron chi connectivity index (χ1n) is 11.5. The maximum atomic E-state index is 12.0. The summed E-state index contributed by atoms with van der Waals surface area (Å²) in [6, 6.07) is 12.3. The van der Waals surface area contributed by atoms with Crippen LogP contribution in [0.15, 0.2) is 52.1 Å². The molecule has 0 amide bonds. The molecule has 8 heteroatoms. The molecule has 0 atom stereocenters. The Balaban J connectivity index is 0.00000385. The lowest BCUT2D eigenvalue weighted by Crippen LogP contribution is -2.46. The number of hydrogen-bond donors (Lipinski definition) is 2. The first-order chi connectivity index (χ1) is 15.7. The zero-order valence-electron chi connectivity index (χ0n) is 19.5. The first-order valence-corrected chi connectivity index (χ1v) is 11.5. The number of guanidine groups is 1. The number of hydrogen-bond acceptors (Lipinski definition) is 5. The van der Waals surface area contributed by atoms with E-state index in [1.807, 2.05) is 31.2 Å². The van der Waals surface area contributed by atoms with E-state index >= 15 is 0 Å². The van der Waals surface area contributed by atoms with Gasteiger partial charge in [0, 0.05) is 25.6 Å². The molecule has 0 aliphatic heterocycles. The molecule has 1 aliphatic carbocycles. The summed E-state index contributed by atoms with van der Waals surface area (Å²) >= 11 is 0. The number of carbonyl (C=O) groups is 1. The van der Waals surface area contributed by atoms with E-state index < -0.39 is 0 Å². The molecule has 0 saturated heterocycles. The fourth-order valence-corrected chi connectivity index (χ4v) is 3.93. The third-order valence-corrected chi connectivity index (χ3v) is 5.76. The predicted octanol–water partition coefficient (Wildman–Crippen LogP) is 4.35. The van der Waals surface area contributed by atoms with Gasteiger partial charge < -0.3 is 24.5 Å². The molecule has 2 N–H and O–H groups in total. The van der Waals surface area contributed by atoms with E-state index in [0.717, 1.165) is 62.5 Å². The Bertz CT molecular complexity index is 832. The van der Waals surface area contributed by atoms with Gasteiger partial charge in [-0.3, -0.25) is 9.79 Å². The SMILES string of the molecule is CCOC(=O)C1CCC(NC(=NCCc2ccco2)NCCc2ccc(OC)cc2)CC1.I. The minimum Gasteiger partial charge on any atom is -0.497 e. The molecular weight excluding hydrogens is 533 g/mol. The Morgan fingerprint density at radius 3 is 2.52 bits per heavy atom. The lowest BCUT2D eigenvalue weighted by atomic mass is 9.86. The normalized spacial score (nSPS) is 18.2. The summed E-state index contributed by atoms with van der Waals surface area (Å²) in [6.07, 6.45) is 6.89. The highest BCUT2D eigenvalue weighted by Crippen LogP contribution is 2.25. The summed E-state index contributed by atoms with van der Waals surface area (Å²) in [5.41, 5.74) is 1.24. The van der Waals surface area contributed by atoms with Crippen LogP contribution < -0.4 is 15.4 Å². The number of aliphatic imine (C=N–C) groups is 1. The van der Waals surface area contributed by atoms with Gasteiger partial charge in [-0.05, 0) is 68.9 Å². The maximum Gasteiger partial charge on any atom is 0.308 e. The average Bonchev–Trinajstić information content (AvgIpc) is 3.33. The molecule has 7 nitrogen and oxygen atoms in total. The molecule has 3 rings (SSSR count). The van der Waals surface area contributed by atoms with Crippen molar-refractivity contribution in [2.24, 2.45) is 10.9 Å². The van der Waals surface area contributed by atoms with Crippen LogP contribution in [0, 0.1) is 5.92 Å². The first kappa shape index (κ1) is 27.0. The fourth-order valence-electron chi connectivity index (χ4n) is 3.93. The molecule has 0 radical (unpaired) electrons. The lowest BCUT2D eigenvalue weighted by Gasteiger charge is -2.29. The van der Waals surface area contributed by atoms with Crippen LogP contribution in [0.25, 0.3) is 0 Å². The van der Waals surface area contributed by atoms with Gasteiger partial charge in [-0.2, -0.15) is 0 Å². The second-order valence-corrected chi connectivity index (χ2v) is 8.03. The van der Waals surface area contributed by atoms with Crippen LogP contribution in [0.2, 0.25) is 0 Å². The smallest absolute Gasteiger partial charge is 0.308 e. The number of carbonyl (C=O) groups excluding carboxylic acids is 1. The maximum absolute atomic E-state index is 12.0. The third kappa shape index (κ3) is 9.27. The summed E-state index contributed by atoms with van der Waals surface area (Å²) in [5.74, 6) is 2.57. The molecule has 2 aromatic rings. The number of ether oxygens (including phenoxy) is 2. The predicted molar refractivity (Wildman–Crippen MR) is 140 cm³/mol. The molecule has 1 heterocycles. The second kappa shape index (κ2) is 14.8. The van der Waals surface area contributed by atoms with Crippen molar-refractivity contribution in [1.82, 2.24) is 10.6 Å². The van der Waals surface area contributed by atoms with Gasteiger partial charge in [0.15, 0.2) is 5.96 Å². The Hall–Kier alpha value is -2.23. The number of benzene rings is 1. The summed E-state index contributed by atoms with van der Waals surface area (Å²) in [6.45, 7) is 3.72. The lowest BCUT2D eigenvalue weighted by molar-refractivity contribution is -0.149. The van der Waals surface area contributed by atoms with Crippen LogP contribution in [0.4, 0.5) is 0 Å². The van der Waals surface area contributed by atoms with Crippen molar-refractivity contribution >= 4 is 35.9 Å². The fraction of sp³-hybridized carbons (Fsp3) is 0.520. The van der Waals surface area contributed by atoms with Crippen molar-refractivity contribution in [3.63, 3.8) is 0 Å². The van der Waals surface area contributed by atoms with Gasteiger partial charge in [0.2, 0.25) is 0 Å². The molecule has 0 spiro atoms. The van der Waals surface area contributed by atoms with Gasteiger partial charge >= 0.3 is 5.97 Å². The Morgan fingerprint density at radius 2 is 1.88 bits per heavy atom. The van der Waals surface area contributed by atoms with E-state index in [0.29, 0.717) is 19.2 Å². The molecule has 1 aliphatic rings. The summed E-state index contributed by atoms with van der Waals surface area (Å²) in [4.78, 5) is 16.8. The molecule has 33 heavy (non-hydrogen) atoms. The zero-order chi connectivity index (χ0) is 22.6. The monoisotopic (exact) mass is 569 g/mol.